The number of carbonyl (C=O) groups is 1. The van der Waals surface area contributed by atoms with Crippen molar-refractivity contribution < 1.29 is 4.79 Å². The summed E-state index contributed by atoms with van der Waals surface area (Å²) < 4.78 is 0. The Labute approximate surface area is 130 Å². The number of rotatable bonds is 1. The number of nitrogens with zero attached hydrogens (tertiary/aromatic N) is 2. The fourth-order valence-corrected chi connectivity index (χ4v) is 4.34. The van der Waals surface area contributed by atoms with Gasteiger partial charge in [0.15, 0.2) is 0 Å². The Morgan fingerprint density at radius 1 is 1.18 bits per heavy atom. The highest BCUT2D eigenvalue weighted by Gasteiger charge is 2.51. The van der Waals surface area contributed by atoms with Crippen LogP contribution in [0, 0.1) is 29.1 Å². The molecule has 5 unspecified atom stereocenters. The first-order valence-corrected chi connectivity index (χ1v) is 8.08. The van der Waals surface area contributed by atoms with E-state index in [1.54, 1.807) is 5.01 Å². The maximum atomic E-state index is 12.7. The van der Waals surface area contributed by atoms with Crippen LogP contribution in [0.1, 0.15) is 19.3 Å². The normalized spacial score (nSPS) is 37.3. The second-order valence-electron chi connectivity index (χ2n) is 6.53. The second kappa shape index (κ2) is 5.38. The van der Waals surface area contributed by atoms with E-state index in [1.165, 1.54) is 0 Å². The molecule has 5 heteroatoms. The Bertz CT molecular complexity index is 611. The molecule has 1 saturated carbocycles. The van der Waals surface area contributed by atoms with Gasteiger partial charge in [0.2, 0.25) is 5.91 Å². The average molecular weight is 296 g/mol. The lowest BCUT2D eigenvalue weighted by molar-refractivity contribution is -0.121. The fraction of sp³-hybridized carbons (Fsp3) is 0.529. The molecule has 1 aromatic rings. The number of anilines is 1. The van der Waals surface area contributed by atoms with Crippen molar-refractivity contribution in [3.05, 3.63) is 30.3 Å². The molecule has 0 aromatic heterocycles. The highest BCUT2D eigenvalue weighted by molar-refractivity contribution is 5.97. The van der Waals surface area contributed by atoms with Crippen molar-refractivity contribution in [3.8, 4) is 6.07 Å². The number of nitrogens with one attached hydrogen (secondary N) is 2. The Balaban J connectivity index is 1.61. The van der Waals surface area contributed by atoms with Crippen LogP contribution in [-0.4, -0.2) is 24.5 Å². The maximum absolute atomic E-state index is 12.7. The van der Waals surface area contributed by atoms with Gasteiger partial charge >= 0.3 is 0 Å². The number of piperidine rings is 1. The van der Waals surface area contributed by atoms with Crippen molar-refractivity contribution in [2.24, 2.45) is 17.8 Å². The monoisotopic (exact) mass is 296 g/mol. The minimum absolute atomic E-state index is 0.0288. The number of benzene rings is 1. The Hall–Kier alpha value is -1.90. The summed E-state index contributed by atoms with van der Waals surface area (Å²) >= 11 is 0. The lowest BCUT2D eigenvalue weighted by Crippen LogP contribution is -2.59. The minimum atomic E-state index is -0.0288. The van der Waals surface area contributed by atoms with Crippen LogP contribution in [0.15, 0.2) is 30.3 Å². The van der Waals surface area contributed by atoms with Crippen molar-refractivity contribution >= 4 is 11.6 Å². The number of hydrazine groups is 1. The molecule has 5 atom stereocenters. The molecular formula is C17H20N4O. The van der Waals surface area contributed by atoms with Gasteiger partial charge in [-0.15, -0.1) is 0 Å². The molecule has 3 fully saturated rings. The molecular weight excluding hydrogens is 276 g/mol. The molecule has 22 heavy (non-hydrogen) atoms. The molecule has 0 radical (unpaired) electrons. The first kappa shape index (κ1) is 13.7. The van der Waals surface area contributed by atoms with E-state index in [0.29, 0.717) is 12.5 Å². The third kappa shape index (κ3) is 2.03. The van der Waals surface area contributed by atoms with Gasteiger partial charge < -0.3 is 5.32 Å². The van der Waals surface area contributed by atoms with Gasteiger partial charge in [-0.2, -0.15) is 5.26 Å². The third-order valence-electron chi connectivity index (χ3n) is 5.41. The second-order valence-corrected chi connectivity index (χ2v) is 6.53. The highest BCUT2D eigenvalue weighted by Crippen LogP contribution is 2.39. The van der Waals surface area contributed by atoms with Crippen LogP contribution in [0.4, 0.5) is 5.69 Å². The molecule has 1 aromatic carbocycles. The van der Waals surface area contributed by atoms with Crippen LogP contribution >= 0.6 is 0 Å². The van der Waals surface area contributed by atoms with Gasteiger partial charge in [0.1, 0.15) is 0 Å². The number of nitriles is 1. The molecule has 2 aliphatic heterocycles. The van der Waals surface area contributed by atoms with Crippen LogP contribution < -0.4 is 15.8 Å². The van der Waals surface area contributed by atoms with Gasteiger partial charge in [0.25, 0.3) is 0 Å². The van der Waals surface area contributed by atoms with Gasteiger partial charge in [0.05, 0.1) is 23.6 Å². The van der Waals surface area contributed by atoms with E-state index in [4.69, 9.17) is 0 Å². The van der Waals surface area contributed by atoms with Gasteiger partial charge in [-0.05, 0) is 30.9 Å². The molecule has 2 N–H and O–H groups in total. The van der Waals surface area contributed by atoms with Crippen molar-refractivity contribution in [1.29, 1.82) is 5.26 Å². The molecule has 3 aliphatic rings. The largest absolute Gasteiger partial charge is 0.311 e. The molecule has 2 heterocycles. The number of hydrogen-bond acceptors (Lipinski definition) is 4. The molecule has 5 nitrogen and oxygen atoms in total. The Morgan fingerprint density at radius 3 is 2.77 bits per heavy atom. The highest BCUT2D eigenvalue weighted by atomic mass is 16.2. The summed E-state index contributed by atoms with van der Waals surface area (Å²) in [7, 11) is 0. The summed E-state index contributed by atoms with van der Waals surface area (Å²) in [6.07, 6.45) is 3.13. The van der Waals surface area contributed by atoms with Crippen molar-refractivity contribution in [1.82, 2.24) is 10.7 Å². The summed E-state index contributed by atoms with van der Waals surface area (Å²) in [4.78, 5) is 12.7. The van der Waals surface area contributed by atoms with Gasteiger partial charge in [-0.3, -0.25) is 4.79 Å². The first-order valence-electron chi connectivity index (χ1n) is 8.08. The number of carbonyl (C=O) groups excluding carboxylic acids is 1. The maximum Gasteiger partial charge on any atom is 0.247 e. The van der Waals surface area contributed by atoms with Gasteiger partial charge in [-0.25, -0.2) is 10.4 Å². The lowest BCUT2D eigenvalue weighted by atomic mass is 9.69. The van der Waals surface area contributed by atoms with Crippen molar-refractivity contribution in [3.63, 3.8) is 0 Å². The SMILES string of the molecule is N#CC1CCCC2C1NCC1C(=O)N(c3ccccc3)NC12. The minimum Gasteiger partial charge on any atom is -0.311 e. The van der Waals surface area contributed by atoms with E-state index in [0.717, 1.165) is 24.9 Å². The molecule has 4 rings (SSSR count). The van der Waals surface area contributed by atoms with E-state index in [9.17, 15) is 10.1 Å². The number of amides is 1. The zero-order valence-corrected chi connectivity index (χ0v) is 12.4. The van der Waals surface area contributed by atoms with E-state index in [1.807, 2.05) is 30.3 Å². The summed E-state index contributed by atoms with van der Waals surface area (Å²) in [6, 6.07) is 12.6. The molecule has 0 bridgehead atoms. The van der Waals surface area contributed by atoms with E-state index in [2.05, 4.69) is 16.8 Å². The van der Waals surface area contributed by atoms with Crippen LogP contribution in [0.5, 0.6) is 0 Å². The lowest BCUT2D eigenvalue weighted by Gasteiger charge is -2.44. The molecule has 1 amide bonds. The molecule has 0 spiro atoms. The Morgan fingerprint density at radius 2 is 2.00 bits per heavy atom. The number of hydrogen-bond donors (Lipinski definition) is 2. The zero-order valence-electron chi connectivity index (χ0n) is 12.4. The third-order valence-corrected chi connectivity index (χ3v) is 5.41. The number of para-hydroxylation sites is 1. The molecule has 2 saturated heterocycles. The van der Waals surface area contributed by atoms with Gasteiger partial charge in [-0.1, -0.05) is 24.6 Å². The molecule has 1 aliphatic carbocycles. The van der Waals surface area contributed by atoms with Crippen molar-refractivity contribution in [2.45, 2.75) is 31.3 Å². The van der Waals surface area contributed by atoms with Crippen LogP contribution in [0.25, 0.3) is 0 Å². The van der Waals surface area contributed by atoms with Crippen LogP contribution in [0.2, 0.25) is 0 Å². The van der Waals surface area contributed by atoms with E-state index < -0.39 is 0 Å². The molecule has 114 valence electrons. The predicted molar refractivity (Wildman–Crippen MR) is 82.6 cm³/mol. The summed E-state index contributed by atoms with van der Waals surface area (Å²) in [5, 5.41) is 14.6. The standard InChI is InChI=1S/C17H20N4O/c18-9-11-5-4-8-13-15(11)19-10-14-16(13)20-21(17(14)22)12-6-2-1-3-7-12/h1-3,6-7,11,13-16,19-20H,4-5,8,10H2. The van der Waals surface area contributed by atoms with E-state index in [-0.39, 0.29) is 29.8 Å². The number of fused-ring (bicyclic) bond motifs is 3. The first-order chi connectivity index (χ1) is 10.8. The van der Waals surface area contributed by atoms with Crippen LogP contribution in [0.3, 0.4) is 0 Å². The summed E-state index contributed by atoms with van der Waals surface area (Å²) in [5.41, 5.74) is 4.33. The predicted octanol–water partition coefficient (Wildman–Crippen LogP) is 1.43. The fourth-order valence-electron chi connectivity index (χ4n) is 4.34. The zero-order chi connectivity index (χ0) is 15.1. The topological polar surface area (TPSA) is 68.2 Å². The smallest absolute Gasteiger partial charge is 0.247 e. The van der Waals surface area contributed by atoms with Crippen molar-refractivity contribution in [2.75, 3.05) is 11.6 Å². The van der Waals surface area contributed by atoms with Crippen LogP contribution in [-0.2, 0) is 4.79 Å². The van der Waals surface area contributed by atoms with Gasteiger partial charge in [0, 0.05) is 18.6 Å². The Kier molecular flexibility index (Phi) is 3.36. The van der Waals surface area contributed by atoms with E-state index >= 15 is 0 Å². The average Bonchev–Trinajstić information content (AvgIpc) is 2.92. The summed E-state index contributed by atoms with van der Waals surface area (Å²) in [6.45, 7) is 0.666. The summed E-state index contributed by atoms with van der Waals surface area (Å²) in [5.74, 6) is 0.539. The quantitative estimate of drug-likeness (QED) is 0.823.